The minimum Gasteiger partial charge on any atom is -0.461 e. The third-order valence-electron chi connectivity index (χ3n) is 8.64. The Morgan fingerprint density at radius 3 is 2.31 bits per heavy atom. The summed E-state index contributed by atoms with van der Waals surface area (Å²) in [6, 6.07) is 5.93. The molecule has 3 aliphatic rings. The number of ether oxygens (including phenoxy) is 3. The number of rotatable bonds is 4. The third-order valence-corrected chi connectivity index (χ3v) is 8.64. The zero-order chi connectivity index (χ0) is 26.5. The lowest BCUT2D eigenvalue weighted by molar-refractivity contribution is -0.167. The van der Waals surface area contributed by atoms with Gasteiger partial charge in [0.15, 0.2) is 6.61 Å². The van der Waals surface area contributed by atoms with Gasteiger partial charge in [-0.3, -0.25) is 9.59 Å². The zero-order valence-corrected chi connectivity index (χ0v) is 22.9. The van der Waals surface area contributed by atoms with Crippen molar-refractivity contribution in [2.75, 3.05) is 6.61 Å². The van der Waals surface area contributed by atoms with Gasteiger partial charge >= 0.3 is 17.9 Å². The van der Waals surface area contributed by atoms with Crippen molar-refractivity contribution in [3.63, 3.8) is 0 Å². The summed E-state index contributed by atoms with van der Waals surface area (Å²) in [5, 5.41) is 0. The van der Waals surface area contributed by atoms with Crippen molar-refractivity contribution < 1.29 is 28.6 Å². The highest BCUT2D eigenvalue weighted by atomic mass is 16.6. The van der Waals surface area contributed by atoms with Gasteiger partial charge in [0.1, 0.15) is 11.9 Å². The molecule has 1 aromatic carbocycles. The van der Waals surface area contributed by atoms with Crippen molar-refractivity contribution in [3.05, 3.63) is 29.3 Å². The predicted molar refractivity (Wildman–Crippen MR) is 136 cm³/mol. The van der Waals surface area contributed by atoms with Gasteiger partial charge in [-0.25, -0.2) is 4.79 Å². The molecule has 0 aromatic heterocycles. The van der Waals surface area contributed by atoms with Crippen LogP contribution in [0.4, 0.5) is 0 Å². The van der Waals surface area contributed by atoms with Crippen molar-refractivity contribution in [1.29, 1.82) is 0 Å². The minimum atomic E-state index is -0.666. The van der Waals surface area contributed by atoms with E-state index in [2.05, 4.69) is 13.0 Å². The Hall–Kier alpha value is -2.37. The van der Waals surface area contributed by atoms with Gasteiger partial charge in [0.2, 0.25) is 0 Å². The Bertz CT molecular complexity index is 1030. The van der Waals surface area contributed by atoms with Crippen molar-refractivity contribution >= 4 is 17.9 Å². The van der Waals surface area contributed by atoms with E-state index in [4.69, 9.17) is 14.2 Å². The molecule has 2 fully saturated rings. The van der Waals surface area contributed by atoms with E-state index in [9.17, 15) is 14.4 Å². The number of carbonyl (C=O) groups is 3. The van der Waals surface area contributed by atoms with Gasteiger partial charge < -0.3 is 14.2 Å². The SMILES string of the molecule is CC(C)(C)C(=O)OCC(=O)Oc1ccc2c(c1)[C@H]1CC[C@]3(C)[C@@H](OC(=O)C(C)(C)C)CC[C@H]3[C@@H]1CC2. The highest BCUT2D eigenvalue weighted by Gasteiger charge is 2.56. The molecular formula is C30H42O6. The van der Waals surface area contributed by atoms with E-state index in [0.29, 0.717) is 23.5 Å². The summed E-state index contributed by atoms with van der Waals surface area (Å²) in [5.41, 5.74) is 1.46. The first kappa shape index (κ1) is 26.7. The van der Waals surface area contributed by atoms with E-state index in [1.54, 1.807) is 20.8 Å². The number of carbonyl (C=O) groups excluding carboxylic acids is 3. The summed E-state index contributed by atoms with van der Waals surface area (Å²) < 4.78 is 16.7. The minimum absolute atomic E-state index is 0.0142. The van der Waals surface area contributed by atoms with Crippen LogP contribution < -0.4 is 4.74 Å². The maximum absolute atomic E-state index is 12.7. The summed E-state index contributed by atoms with van der Waals surface area (Å²) in [6.45, 7) is 12.9. The Labute approximate surface area is 215 Å². The fourth-order valence-electron chi connectivity index (χ4n) is 6.56. The Morgan fingerprint density at radius 2 is 1.64 bits per heavy atom. The van der Waals surface area contributed by atoms with Gasteiger partial charge in [0.25, 0.3) is 0 Å². The smallest absolute Gasteiger partial charge is 0.349 e. The van der Waals surface area contributed by atoms with E-state index in [0.717, 1.165) is 38.5 Å². The highest BCUT2D eigenvalue weighted by Crippen LogP contribution is 2.61. The Kier molecular flexibility index (Phi) is 7.04. The van der Waals surface area contributed by atoms with Crippen LogP contribution in [0.3, 0.4) is 0 Å². The number of hydrogen-bond acceptors (Lipinski definition) is 6. The van der Waals surface area contributed by atoms with Crippen LogP contribution in [0.15, 0.2) is 18.2 Å². The molecule has 2 saturated carbocycles. The topological polar surface area (TPSA) is 78.9 Å². The first-order valence-electron chi connectivity index (χ1n) is 13.4. The molecule has 0 spiro atoms. The molecule has 0 aliphatic heterocycles. The van der Waals surface area contributed by atoms with Gasteiger partial charge in [0, 0.05) is 5.41 Å². The van der Waals surface area contributed by atoms with Gasteiger partial charge in [-0.05, 0) is 121 Å². The number of fused-ring (bicyclic) bond motifs is 5. The van der Waals surface area contributed by atoms with Crippen molar-refractivity contribution in [3.8, 4) is 5.75 Å². The average molecular weight is 499 g/mol. The maximum atomic E-state index is 12.7. The number of aryl methyl sites for hydroxylation is 1. The monoisotopic (exact) mass is 498 g/mol. The van der Waals surface area contributed by atoms with Crippen LogP contribution in [0, 0.1) is 28.1 Å². The standard InChI is InChI=1S/C30H42O6/c1-28(2,3)26(32)34-17-25(31)35-19-10-8-18-9-11-21-20(22(18)16-19)14-15-30(7)23(21)12-13-24(30)36-27(33)29(4,5)6/h8,10,16,20-21,23-24H,9,11-15,17H2,1-7H3/t20-,21+,23-,24-,30-/m0/s1. The van der Waals surface area contributed by atoms with Gasteiger partial charge in [-0.15, -0.1) is 0 Å². The van der Waals surface area contributed by atoms with Crippen LogP contribution in [-0.4, -0.2) is 30.6 Å². The van der Waals surface area contributed by atoms with Gasteiger partial charge in [-0.1, -0.05) is 13.0 Å². The van der Waals surface area contributed by atoms with Crippen LogP contribution >= 0.6 is 0 Å². The second-order valence-corrected chi connectivity index (χ2v) is 13.3. The normalized spacial score (nSPS) is 29.4. The molecule has 198 valence electrons. The van der Waals surface area contributed by atoms with E-state index < -0.39 is 29.4 Å². The molecule has 0 N–H and O–H groups in total. The van der Waals surface area contributed by atoms with Crippen LogP contribution in [-0.2, 0) is 30.3 Å². The summed E-state index contributed by atoms with van der Waals surface area (Å²) in [4.78, 5) is 37.0. The van der Waals surface area contributed by atoms with E-state index in [-0.39, 0.29) is 17.5 Å². The number of hydrogen-bond donors (Lipinski definition) is 0. The lowest BCUT2D eigenvalue weighted by Crippen LogP contribution is -2.46. The van der Waals surface area contributed by atoms with Crippen LogP contribution in [0.1, 0.15) is 97.6 Å². The first-order chi connectivity index (χ1) is 16.7. The fourth-order valence-corrected chi connectivity index (χ4v) is 6.56. The van der Waals surface area contributed by atoms with Crippen LogP contribution in [0.2, 0.25) is 0 Å². The van der Waals surface area contributed by atoms with E-state index >= 15 is 0 Å². The molecule has 0 saturated heterocycles. The summed E-state index contributed by atoms with van der Waals surface area (Å²) >= 11 is 0. The third kappa shape index (κ3) is 5.19. The molecular weight excluding hydrogens is 456 g/mol. The Morgan fingerprint density at radius 1 is 0.944 bits per heavy atom. The molecule has 0 amide bonds. The summed E-state index contributed by atoms with van der Waals surface area (Å²) in [5.74, 6) is 0.865. The van der Waals surface area contributed by atoms with Gasteiger partial charge in [-0.2, -0.15) is 0 Å². The first-order valence-corrected chi connectivity index (χ1v) is 13.4. The molecule has 3 aliphatic carbocycles. The van der Waals surface area contributed by atoms with Gasteiger partial charge in [0.05, 0.1) is 10.8 Å². The maximum Gasteiger partial charge on any atom is 0.349 e. The second kappa shape index (κ2) is 9.50. The molecule has 0 heterocycles. The molecule has 0 radical (unpaired) electrons. The van der Waals surface area contributed by atoms with E-state index in [1.807, 2.05) is 32.9 Å². The lowest BCUT2D eigenvalue weighted by Gasteiger charge is -2.50. The lowest BCUT2D eigenvalue weighted by atomic mass is 9.55. The highest BCUT2D eigenvalue weighted by molar-refractivity contribution is 5.80. The van der Waals surface area contributed by atoms with Crippen molar-refractivity contribution in [2.24, 2.45) is 28.1 Å². The predicted octanol–water partition coefficient (Wildman–Crippen LogP) is 6.00. The average Bonchev–Trinajstić information content (AvgIpc) is 3.12. The van der Waals surface area contributed by atoms with Crippen molar-refractivity contribution in [1.82, 2.24) is 0 Å². The molecule has 5 atom stereocenters. The molecule has 0 bridgehead atoms. The zero-order valence-electron chi connectivity index (χ0n) is 22.9. The Balaban J connectivity index is 1.45. The fraction of sp³-hybridized carbons (Fsp3) is 0.700. The molecule has 36 heavy (non-hydrogen) atoms. The molecule has 0 unspecified atom stereocenters. The molecule has 6 heteroatoms. The van der Waals surface area contributed by atoms with Crippen LogP contribution in [0.5, 0.6) is 5.75 Å². The molecule has 6 nitrogen and oxygen atoms in total. The molecule has 4 rings (SSSR count). The van der Waals surface area contributed by atoms with Crippen LogP contribution in [0.25, 0.3) is 0 Å². The number of benzene rings is 1. The van der Waals surface area contributed by atoms with Crippen molar-refractivity contribution in [2.45, 2.75) is 99.0 Å². The largest absolute Gasteiger partial charge is 0.461 e. The number of esters is 3. The summed E-state index contributed by atoms with van der Waals surface area (Å²) in [6.07, 6.45) is 6.21. The summed E-state index contributed by atoms with van der Waals surface area (Å²) in [7, 11) is 0. The quantitative estimate of drug-likeness (QED) is 0.374. The molecule has 1 aromatic rings. The second-order valence-electron chi connectivity index (χ2n) is 13.3. The van der Waals surface area contributed by atoms with E-state index in [1.165, 1.54) is 11.1 Å².